The number of nitrogens with one attached hydrogen (secondary N) is 1. The number of halogens is 1. The van der Waals surface area contributed by atoms with Crippen LogP contribution in [0.5, 0.6) is 0 Å². The number of amides is 1. The van der Waals surface area contributed by atoms with Crippen LogP contribution in [0, 0.1) is 23.6 Å². The Morgan fingerprint density at radius 1 is 1.47 bits per heavy atom. The topological polar surface area (TPSA) is 49.3 Å². The van der Waals surface area contributed by atoms with Gasteiger partial charge in [0, 0.05) is 18.5 Å². The highest BCUT2D eigenvalue weighted by Gasteiger charge is 2.11. The van der Waals surface area contributed by atoms with Crippen molar-refractivity contribution in [1.29, 1.82) is 0 Å². The van der Waals surface area contributed by atoms with E-state index in [2.05, 4.69) is 17.2 Å². The first kappa shape index (κ1) is 15.2. The highest BCUT2D eigenvalue weighted by molar-refractivity contribution is 5.96. The zero-order valence-electron chi connectivity index (χ0n) is 11.2. The SMILES string of the molecule is CC(C)CNC(=O)c1cc(F)ccc1C#CCCO. The maximum Gasteiger partial charge on any atom is 0.252 e. The maximum absolute atomic E-state index is 13.2. The van der Waals surface area contributed by atoms with Gasteiger partial charge in [-0.1, -0.05) is 25.7 Å². The molecule has 1 amide bonds. The van der Waals surface area contributed by atoms with Crippen LogP contribution in [-0.4, -0.2) is 24.2 Å². The predicted octanol–water partition coefficient (Wildman–Crippen LogP) is 1.95. The van der Waals surface area contributed by atoms with Gasteiger partial charge >= 0.3 is 0 Å². The van der Waals surface area contributed by atoms with Gasteiger partial charge in [0.25, 0.3) is 5.91 Å². The number of aliphatic hydroxyl groups excluding tert-OH is 1. The monoisotopic (exact) mass is 263 g/mol. The molecule has 4 heteroatoms. The van der Waals surface area contributed by atoms with E-state index < -0.39 is 5.82 Å². The molecule has 1 aromatic carbocycles. The third kappa shape index (κ3) is 5.11. The van der Waals surface area contributed by atoms with E-state index in [4.69, 9.17) is 5.11 Å². The number of carbonyl (C=O) groups excluding carboxylic acids is 1. The first-order chi connectivity index (χ1) is 9.04. The van der Waals surface area contributed by atoms with E-state index in [9.17, 15) is 9.18 Å². The maximum atomic E-state index is 13.2. The van der Waals surface area contributed by atoms with Gasteiger partial charge in [0.1, 0.15) is 5.82 Å². The van der Waals surface area contributed by atoms with Gasteiger partial charge in [0.15, 0.2) is 0 Å². The molecule has 0 radical (unpaired) electrons. The summed E-state index contributed by atoms with van der Waals surface area (Å²) < 4.78 is 13.2. The third-order valence-corrected chi connectivity index (χ3v) is 2.36. The summed E-state index contributed by atoms with van der Waals surface area (Å²) in [6.07, 6.45) is 0.324. The molecule has 0 aliphatic rings. The fraction of sp³-hybridized carbons (Fsp3) is 0.400. The van der Waals surface area contributed by atoms with Crippen LogP contribution < -0.4 is 5.32 Å². The molecule has 0 saturated heterocycles. The Balaban J connectivity index is 2.94. The summed E-state index contributed by atoms with van der Waals surface area (Å²) in [5.41, 5.74) is 0.696. The molecule has 0 atom stereocenters. The van der Waals surface area contributed by atoms with Gasteiger partial charge in [-0.3, -0.25) is 4.79 Å². The van der Waals surface area contributed by atoms with E-state index in [-0.39, 0.29) is 18.1 Å². The van der Waals surface area contributed by atoms with Crippen molar-refractivity contribution >= 4 is 5.91 Å². The number of benzene rings is 1. The average molecular weight is 263 g/mol. The average Bonchev–Trinajstić information content (AvgIpc) is 2.37. The van der Waals surface area contributed by atoms with Crippen molar-refractivity contribution in [2.45, 2.75) is 20.3 Å². The molecular formula is C15H18FNO2. The second-order valence-electron chi connectivity index (χ2n) is 4.57. The molecule has 0 fully saturated rings. The van der Waals surface area contributed by atoms with Gasteiger partial charge in [0.05, 0.1) is 12.2 Å². The minimum absolute atomic E-state index is 0.0386. The van der Waals surface area contributed by atoms with Crippen LogP contribution >= 0.6 is 0 Å². The number of carbonyl (C=O) groups is 1. The molecule has 3 nitrogen and oxygen atoms in total. The molecular weight excluding hydrogens is 245 g/mol. The van der Waals surface area contributed by atoms with Crippen LogP contribution in [0.2, 0.25) is 0 Å². The number of rotatable bonds is 4. The molecule has 1 aromatic rings. The molecule has 0 unspecified atom stereocenters. The molecule has 0 aliphatic heterocycles. The van der Waals surface area contributed by atoms with Crippen LogP contribution in [-0.2, 0) is 0 Å². The van der Waals surface area contributed by atoms with Crippen LogP contribution in [0.15, 0.2) is 18.2 Å². The highest BCUT2D eigenvalue weighted by Crippen LogP contribution is 2.10. The normalized spacial score (nSPS) is 9.95. The van der Waals surface area contributed by atoms with Crippen molar-refractivity contribution in [3.8, 4) is 11.8 Å². The zero-order chi connectivity index (χ0) is 14.3. The molecule has 0 aliphatic carbocycles. The summed E-state index contributed by atoms with van der Waals surface area (Å²) in [5.74, 6) is 5.02. The van der Waals surface area contributed by atoms with Gasteiger partial charge < -0.3 is 10.4 Å². The number of hydrogen-bond acceptors (Lipinski definition) is 2. The highest BCUT2D eigenvalue weighted by atomic mass is 19.1. The molecule has 0 bridgehead atoms. The van der Waals surface area contributed by atoms with E-state index in [1.54, 1.807) is 0 Å². The van der Waals surface area contributed by atoms with E-state index >= 15 is 0 Å². The predicted molar refractivity (Wildman–Crippen MR) is 72.2 cm³/mol. The van der Waals surface area contributed by atoms with Crippen molar-refractivity contribution in [2.24, 2.45) is 5.92 Å². The van der Waals surface area contributed by atoms with Gasteiger partial charge in [-0.05, 0) is 24.1 Å². The summed E-state index contributed by atoms with van der Waals surface area (Å²) in [4.78, 5) is 12.0. The Morgan fingerprint density at radius 3 is 2.84 bits per heavy atom. The minimum Gasteiger partial charge on any atom is -0.395 e. The minimum atomic E-state index is -0.470. The second-order valence-corrected chi connectivity index (χ2v) is 4.57. The van der Waals surface area contributed by atoms with Gasteiger partial charge in [-0.25, -0.2) is 4.39 Å². The van der Waals surface area contributed by atoms with Crippen LogP contribution in [0.1, 0.15) is 36.2 Å². The molecule has 1 rings (SSSR count). The standard InChI is InChI=1S/C15H18FNO2/c1-11(2)10-17-15(19)14-9-13(16)7-6-12(14)5-3-4-8-18/h6-7,9,11,18H,4,8,10H2,1-2H3,(H,17,19). The summed E-state index contributed by atoms with van der Waals surface area (Å²) >= 11 is 0. The lowest BCUT2D eigenvalue weighted by Gasteiger charge is -2.09. The summed E-state index contributed by atoms with van der Waals surface area (Å²) in [7, 11) is 0. The fourth-order valence-corrected chi connectivity index (χ4v) is 1.42. The number of aliphatic hydroxyl groups is 1. The Bertz CT molecular complexity index is 501. The van der Waals surface area contributed by atoms with Crippen molar-refractivity contribution in [3.05, 3.63) is 35.1 Å². The van der Waals surface area contributed by atoms with Gasteiger partial charge in [0.2, 0.25) is 0 Å². The lowest BCUT2D eigenvalue weighted by atomic mass is 10.1. The van der Waals surface area contributed by atoms with E-state index in [0.29, 0.717) is 24.4 Å². The second kappa shape index (κ2) is 7.55. The quantitative estimate of drug-likeness (QED) is 0.816. The lowest BCUT2D eigenvalue weighted by Crippen LogP contribution is -2.28. The Morgan fingerprint density at radius 2 is 2.21 bits per heavy atom. The first-order valence-electron chi connectivity index (χ1n) is 6.22. The van der Waals surface area contributed by atoms with Crippen molar-refractivity contribution in [1.82, 2.24) is 5.32 Å². The first-order valence-corrected chi connectivity index (χ1v) is 6.22. The Hall–Kier alpha value is -1.86. The molecule has 19 heavy (non-hydrogen) atoms. The molecule has 102 valence electrons. The zero-order valence-corrected chi connectivity index (χ0v) is 11.2. The van der Waals surface area contributed by atoms with E-state index in [0.717, 1.165) is 0 Å². The third-order valence-electron chi connectivity index (χ3n) is 2.36. The number of hydrogen-bond donors (Lipinski definition) is 2. The molecule has 0 saturated carbocycles. The van der Waals surface area contributed by atoms with Crippen molar-refractivity contribution in [3.63, 3.8) is 0 Å². The van der Waals surface area contributed by atoms with Crippen LogP contribution in [0.4, 0.5) is 4.39 Å². The van der Waals surface area contributed by atoms with Crippen molar-refractivity contribution in [2.75, 3.05) is 13.2 Å². The van der Waals surface area contributed by atoms with E-state index in [1.165, 1.54) is 18.2 Å². The van der Waals surface area contributed by atoms with E-state index in [1.807, 2.05) is 13.8 Å². The molecule has 0 spiro atoms. The molecule has 0 aromatic heterocycles. The largest absolute Gasteiger partial charge is 0.395 e. The Labute approximate surface area is 112 Å². The van der Waals surface area contributed by atoms with Crippen LogP contribution in [0.3, 0.4) is 0 Å². The molecule has 2 N–H and O–H groups in total. The Kier molecular flexibility index (Phi) is 6.04. The van der Waals surface area contributed by atoms with Crippen molar-refractivity contribution < 1.29 is 14.3 Å². The summed E-state index contributed by atoms with van der Waals surface area (Å²) in [6, 6.07) is 3.92. The summed E-state index contributed by atoms with van der Waals surface area (Å²) in [6.45, 7) is 4.45. The van der Waals surface area contributed by atoms with Gasteiger partial charge in [-0.2, -0.15) is 0 Å². The van der Waals surface area contributed by atoms with Gasteiger partial charge in [-0.15, -0.1) is 0 Å². The molecule has 0 heterocycles. The lowest BCUT2D eigenvalue weighted by molar-refractivity contribution is 0.0948. The summed E-state index contributed by atoms with van der Waals surface area (Å²) in [5, 5.41) is 11.4. The smallest absolute Gasteiger partial charge is 0.252 e. The van der Waals surface area contributed by atoms with Crippen LogP contribution in [0.25, 0.3) is 0 Å². The fourth-order valence-electron chi connectivity index (χ4n) is 1.42.